The SMILES string of the molecule is O=C1C[C@H](N2CCOCC2)C(=O)N1c1ccccc1Cl. The van der Waals surface area contributed by atoms with E-state index in [-0.39, 0.29) is 24.3 Å². The molecule has 2 aliphatic heterocycles. The first-order chi connectivity index (χ1) is 9.68. The third-order valence-corrected chi connectivity index (χ3v) is 4.02. The highest BCUT2D eigenvalue weighted by Gasteiger charge is 2.43. The van der Waals surface area contributed by atoms with Crippen LogP contribution in [0.4, 0.5) is 5.69 Å². The highest BCUT2D eigenvalue weighted by atomic mass is 35.5. The Kier molecular flexibility index (Phi) is 3.74. The van der Waals surface area contributed by atoms with E-state index in [0.717, 1.165) is 0 Å². The van der Waals surface area contributed by atoms with Gasteiger partial charge in [-0.25, -0.2) is 4.90 Å². The second kappa shape index (κ2) is 5.52. The van der Waals surface area contributed by atoms with Crippen molar-refractivity contribution in [3.63, 3.8) is 0 Å². The van der Waals surface area contributed by atoms with Crippen molar-refractivity contribution in [3.8, 4) is 0 Å². The van der Waals surface area contributed by atoms with E-state index in [9.17, 15) is 9.59 Å². The van der Waals surface area contributed by atoms with E-state index < -0.39 is 0 Å². The molecule has 2 amide bonds. The molecule has 0 aliphatic carbocycles. The number of nitrogens with zero attached hydrogens (tertiary/aromatic N) is 2. The lowest BCUT2D eigenvalue weighted by atomic mass is 10.2. The van der Waals surface area contributed by atoms with Crippen molar-refractivity contribution in [2.75, 3.05) is 31.2 Å². The summed E-state index contributed by atoms with van der Waals surface area (Å²) in [6, 6.07) is 6.53. The lowest BCUT2D eigenvalue weighted by molar-refractivity contribution is -0.123. The van der Waals surface area contributed by atoms with E-state index in [1.54, 1.807) is 24.3 Å². The van der Waals surface area contributed by atoms with Gasteiger partial charge in [-0.05, 0) is 12.1 Å². The van der Waals surface area contributed by atoms with Crippen LogP contribution in [0.1, 0.15) is 6.42 Å². The number of morpholine rings is 1. The average molecular weight is 295 g/mol. The van der Waals surface area contributed by atoms with Gasteiger partial charge in [0.2, 0.25) is 5.91 Å². The van der Waals surface area contributed by atoms with Crippen LogP contribution in [0.15, 0.2) is 24.3 Å². The summed E-state index contributed by atoms with van der Waals surface area (Å²) in [6.45, 7) is 2.56. The maximum atomic E-state index is 12.5. The second-order valence-corrected chi connectivity index (χ2v) is 5.29. The molecule has 1 aromatic carbocycles. The summed E-state index contributed by atoms with van der Waals surface area (Å²) < 4.78 is 5.28. The standard InChI is InChI=1S/C14H15ClN2O3/c15-10-3-1-2-4-11(10)17-13(18)9-12(14(17)19)16-5-7-20-8-6-16/h1-4,12H,5-9H2/t12-/m0/s1. The second-order valence-electron chi connectivity index (χ2n) is 4.89. The average Bonchev–Trinajstić information content (AvgIpc) is 2.76. The molecule has 0 saturated carbocycles. The molecule has 6 heteroatoms. The predicted octanol–water partition coefficient (Wildman–Crippen LogP) is 1.30. The van der Waals surface area contributed by atoms with Crippen molar-refractivity contribution in [1.29, 1.82) is 0 Å². The largest absolute Gasteiger partial charge is 0.379 e. The number of carbonyl (C=O) groups is 2. The van der Waals surface area contributed by atoms with E-state index in [0.29, 0.717) is 37.0 Å². The predicted molar refractivity (Wildman–Crippen MR) is 74.7 cm³/mol. The summed E-state index contributed by atoms with van der Waals surface area (Å²) in [4.78, 5) is 27.9. The van der Waals surface area contributed by atoms with Gasteiger partial charge in [0.05, 0.1) is 36.4 Å². The lowest BCUT2D eigenvalue weighted by Crippen LogP contribution is -2.47. The third kappa shape index (κ3) is 2.32. The van der Waals surface area contributed by atoms with Crippen molar-refractivity contribution in [2.24, 2.45) is 0 Å². The topological polar surface area (TPSA) is 49.9 Å². The van der Waals surface area contributed by atoms with Crippen molar-refractivity contribution >= 4 is 29.1 Å². The first kappa shape index (κ1) is 13.5. The summed E-state index contributed by atoms with van der Waals surface area (Å²) >= 11 is 6.09. The Morgan fingerprint density at radius 3 is 2.55 bits per heavy atom. The quantitative estimate of drug-likeness (QED) is 0.772. The van der Waals surface area contributed by atoms with E-state index in [2.05, 4.69) is 0 Å². The molecule has 1 aromatic rings. The maximum absolute atomic E-state index is 12.5. The summed E-state index contributed by atoms with van der Waals surface area (Å²) in [7, 11) is 0. The van der Waals surface area contributed by atoms with Gasteiger partial charge in [0.15, 0.2) is 0 Å². The zero-order valence-corrected chi connectivity index (χ0v) is 11.7. The van der Waals surface area contributed by atoms with Gasteiger partial charge >= 0.3 is 0 Å². The zero-order valence-electron chi connectivity index (χ0n) is 10.9. The number of amides is 2. The highest BCUT2D eigenvalue weighted by Crippen LogP contribution is 2.31. The number of hydrogen-bond acceptors (Lipinski definition) is 4. The molecule has 20 heavy (non-hydrogen) atoms. The number of ether oxygens (including phenoxy) is 1. The Labute approximate surface area is 122 Å². The van der Waals surface area contributed by atoms with Crippen LogP contribution in [0.2, 0.25) is 5.02 Å². The molecule has 0 aromatic heterocycles. The van der Waals surface area contributed by atoms with Crippen molar-refractivity contribution in [2.45, 2.75) is 12.5 Å². The number of hydrogen-bond donors (Lipinski definition) is 0. The summed E-state index contributed by atoms with van der Waals surface area (Å²) in [6.07, 6.45) is 0.212. The maximum Gasteiger partial charge on any atom is 0.251 e. The molecule has 5 nitrogen and oxygen atoms in total. The molecule has 2 saturated heterocycles. The summed E-state index contributed by atoms with van der Waals surface area (Å²) in [5, 5.41) is 0.414. The third-order valence-electron chi connectivity index (χ3n) is 3.70. The van der Waals surface area contributed by atoms with Crippen LogP contribution in [0.5, 0.6) is 0 Å². The minimum atomic E-state index is -0.386. The Balaban J connectivity index is 1.85. The van der Waals surface area contributed by atoms with Crippen LogP contribution in [-0.4, -0.2) is 49.1 Å². The monoisotopic (exact) mass is 294 g/mol. The number of para-hydroxylation sites is 1. The van der Waals surface area contributed by atoms with Gasteiger partial charge in [-0.3, -0.25) is 14.5 Å². The van der Waals surface area contributed by atoms with Crippen LogP contribution in [0, 0.1) is 0 Å². The first-order valence-corrected chi connectivity index (χ1v) is 6.99. The van der Waals surface area contributed by atoms with Crippen LogP contribution >= 0.6 is 11.6 Å². The minimum absolute atomic E-state index is 0.190. The van der Waals surface area contributed by atoms with Gasteiger partial charge in [-0.1, -0.05) is 23.7 Å². The fourth-order valence-corrected chi connectivity index (χ4v) is 2.90. The Bertz CT molecular complexity index is 543. The van der Waals surface area contributed by atoms with Crippen molar-refractivity contribution in [3.05, 3.63) is 29.3 Å². The smallest absolute Gasteiger partial charge is 0.251 e. The summed E-state index contributed by atoms with van der Waals surface area (Å²) in [5.74, 6) is -0.385. The Morgan fingerprint density at radius 2 is 1.85 bits per heavy atom. The molecule has 2 fully saturated rings. The van der Waals surface area contributed by atoms with Crippen LogP contribution in [0.25, 0.3) is 0 Å². The normalized spacial score (nSPS) is 24.4. The van der Waals surface area contributed by atoms with E-state index in [4.69, 9.17) is 16.3 Å². The molecule has 2 heterocycles. The number of carbonyl (C=O) groups excluding carboxylic acids is 2. The summed E-state index contributed by atoms with van der Waals surface area (Å²) in [5.41, 5.74) is 0.472. The van der Waals surface area contributed by atoms with E-state index in [1.807, 2.05) is 4.90 Å². The molecule has 0 unspecified atom stereocenters. The molecule has 0 spiro atoms. The fourth-order valence-electron chi connectivity index (χ4n) is 2.68. The minimum Gasteiger partial charge on any atom is -0.379 e. The van der Waals surface area contributed by atoms with Crippen LogP contribution < -0.4 is 4.90 Å². The number of halogens is 1. The number of anilines is 1. The molecule has 0 bridgehead atoms. The van der Waals surface area contributed by atoms with Crippen molar-refractivity contribution in [1.82, 2.24) is 4.90 Å². The van der Waals surface area contributed by atoms with Gasteiger partial charge in [0, 0.05) is 13.1 Å². The number of rotatable bonds is 2. The molecule has 2 aliphatic rings. The first-order valence-electron chi connectivity index (χ1n) is 6.61. The zero-order chi connectivity index (χ0) is 14.1. The fraction of sp³-hybridized carbons (Fsp3) is 0.429. The molecule has 0 N–H and O–H groups in total. The van der Waals surface area contributed by atoms with Gasteiger partial charge in [0.25, 0.3) is 5.91 Å². The number of benzene rings is 1. The van der Waals surface area contributed by atoms with Crippen LogP contribution in [0.3, 0.4) is 0 Å². The van der Waals surface area contributed by atoms with Crippen molar-refractivity contribution < 1.29 is 14.3 Å². The van der Waals surface area contributed by atoms with E-state index >= 15 is 0 Å². The number of imide groups is 1. The lowest BCUT2D eigenvalue weighted by Gasteiger charge is -2.30. The van der Waals surface area contributed by atoms with Gasteiger partial charge < -0.3 is 4.74 Å². The molecule has 106 valence electrons. The molecule has 1 atom stereocenters. The van der Waals surface area contributed by atoms with E-state index in [1.165, 1.54) is 4.90 Å². The Hall–Kier alpha value is -1.43. The van der Waals surface area contributed by atoms with Gasteiger partial charge in [0.1, 0.15) is 0 Å². The van der Waals surface area contributed by atoms with Crippen LogP contribution in [-0.2, 0) is 14.3 Å². The van der Waals surface area contributed by atoms with Gasteiger partial charge in [-0.15, -0.1) is 0 Å². The molecule has 3 rings (SSSR count). The molecule has 0 radical (unpaired) electrons. The molecular weight excluding hydrogens is 280 g/mol. The van der Waals surface area contributed by atoms with Gasteiger partial charge in [-0.2, -0.15) is 0 Å². The highest BCUT2D eigenvalue weighted by molar-refractivity contribution is 6.36. The molecular formula is C14H15ClN2O3. The Morgan fingerprint density at radius 1 is 1.15 bits per heavy atom.